The Hall–Kier alpha value is -2.48. The van der Waals surface area contributed by atoms with Crippen LogP contribution in [0.4, 0.5) is 0 Å². The molecule has 0 spiro atoms. The average Bonchev–Trinajstić information content (AvgIpc) is 2.59. The third-order valence-electron chi connectivity index (χ3n) is 4.10. The van der Waals surface area contributed by atoms with Gasteiger partial charge in [-0.15, -0.1) is 6.58 Å². The number of aryl methyl sites for hydroxylation is 1. The first-order valence-corrected chi connectivity index (χ1v) is 9.84. The van der Waals surface area contributed by atoms with E-state index in [2.05, 4.69) is 38.0 Å². The molecular formula is C19H25N2O6P. The van der Waals surface area contributed by atoms with Crippen LogP contribution in [-0.2, 0) is 17.4 Å². The summed E-state index contributed by atoms with van der Waals surface area (Å²) >= 11 is 0. The third-order valence-corrected chi connectivity index (χ3v) is 4.10. The highest BCUT2D eigenvalue weighted by molar-refractivity contribution is 7.45. The SMILES string of the molecule is C=CCc1cc(Cc2cccc(C)c2C)cc(C(=O)NN)c1O.O=P(O)(O)O. The lowest BCUT2D eigenvalue weighted by Gasteiger charge is -2.13. The number of carbonyl (C=O) groups is 1. The van der Waals surface area contributed by atoms with E-state index in [1.165, 1.54) is 16.7 Å². The molecule has 0 aromatic heterocycles. The van der Waals surface area contributed by atoms with Crippen LogP contribution in [-0.4, -0.2) is 25.7 Å². The number of phosphoric acid groups is 1. The van der Waals surface area contributed by atoms with Crippen molar-refractivity contribution in [1.29, 1.82) is 0 Å². The van der Waals surface area contributed by atoms with E-state index in [1.807, 2.05) is 12.1 Å². The number of amides is 1. The van der Waals surface area contributed by atoms with Crippen LogP contribution in [0.25, 0.3) is 0 Å². The number of phenolic OH excluding ortho intramolecular Hbond substituents is 1. The predicted octanol–water partition coefficient (Wildman–Crippen LogP) is 2.00. The van der Waals surface area contributed by atoms with Gasteiger partial charge in [0.15, 0.2) is 0 Å². The van der Waals surface area contributed by atoms with Crippen molar-refractivity contribution in [3.05, 3.63) is 76.4 Å². The lowest BCUT2D eigenvalue weighted by atomic mass is 9.94. The summed E-state index contributed by atoms with van der Waals surface area (Å²) in [5.41, 5.74) is 7.54. The van der Waals surface area contributed by atoms with Crippen LogP contribution in [0.5, 0.6) is 5.75 Å². The second-order valence-corrected chi connectivity index (χ2v) is 7.19. The van der Waals surface area contributed by atoms with Crippen LogP contribution in [0.3, 0.4) is 0 Å². The Morgan fingerprint density at radius 3 is 2.36 bits per heavy atom. The molecule has 0 aliphatic carbocycles. The number of carbonyl (C=O) groups excluding carboxylic acids is 1. The predicted molar refractivity (Wildman–Crippen MR) is 107 cm³/mol. The number of nitrogen functional groups attached to an aromatic ring is 1. The molecule has 0 heterocycles. The van der Waals surface area contributed by atoms with E-state index in [0.717, 1.165) is 5.56 Å². The molecular weight excluding hydrogens is 383 g/mol. The monoisotopic (exact) mass is 408 g/mol. The molecule has 2 aromatic rings. The first-order chi connectivity index (χ1) is 13.0. The van der Waals surface area contributed by atoms with Gasteiger partial charge in [0.25, 0.3) is 5.91 Å². The Kier molecular flexibility index (Phi) is 8.56. The number of hydrogen-bond donors (Lipinski definition) is 6. The van der Waals surface area contributed by atoms with Gasteiger partial charge in [0.05, 0.1) is 5.56 Å². The Balaban J connectivity index is 0.000000696. The molecule has 0 radical (unpaired) electrons. The minimum atomic E-state index is -4.64. The number of allylic oxidation sites excluding steroid dienone is 1. The van der Waals surface area contributed by atoms with E-state index in [0.29, 0.717) is 18.4 Å². The third kappa shape index (κ3) is 7.26. The minimum Gasteiger partial charge on any atom is -0.507 e. The molecule has 9 heteroatoms. The molecule has 2 rings (SSSR count). The number of hydrazine groups is 1. The second kappa shape index (κ2) is 10.2. The normalized spacial score (nSPS) is 10.6. The number of phenols is 1. The quantitative estimate of drug-likeness (QED) is 0.145. The molecule has 2 aromatic carbocycles. The van der Waals surface area contributed by atoms with Crippen molar-refractivity contribution in [3.8, 4) is 5.75 Å². The highest BCUT2D eigenvalue weighted by Gasteiger charge is 2.16. The maximum atomic E-state index is 11.9. The summed E-state index contributed by atoms with van der Waals surface area (Å²) in [5.74, 6) is 4.66. The van der Waals surface area contributed by atoms with E-state index in [9.17, 15) is 9.90 Å². The van der Waals surface area contributed by atoms with Crippen LogP contribution < -0.4 is 11.3 Å². The molecule has 0 unspecified atom stereocenters. The fourth-order valence-electron chi connectivity index (χ4n) is 2.65. The van der Waals surface area contributed by atoms with Crippen molar-refractivity contribution in [3.63, 3.8) is 0 Å². The number of hydrogen-bond acceptors (Lipinski definition) is 4. The molecule has 0 saturated carbocycles. The van der Waals surface area contributed by atoms with Gasteiger partial charge in [-0.1, -0.05) is 30.3 Å². The number of benzene rings is 2. The maximum absolute atomic E-state index is 11.9. The molecule has 28 heavy (non-hydrogen) atoms. The fourth-order valence-corrected chi connectivity index (χ4v) is 2.65. The molecule has 0 fully saturated rings. The zero-order valence-electron chi connectivity index (χ0n) is 15.7. The van der Waals surface area contributed by atoms with Gasteiger partial charge in [-0.3, -0.25) is 10.2 Å². The Labute approximate surface area is 163 Å². The second-order valence-electron chi connectivity index (χ2n) is 6.17. The van der Waals surface area contributed by atoms with Crippen molar-refractivity contribution in [1.82, 2.24) is 5.43 Å². The van der Waals surface area contributed by atoms with Gasteiger partial charge in [-0.2, -0.15) is 0 Å². The van der Waals surface area contributed by atoms with Crippen LogP contribution in [0.1, 0.15) is 38.2 Å². The molecule has 0 atom stereocenters. The van der Waals surface area contributed by atoms with Crippen LogP contribution in [0.2, 0.25) is 0 Å². The zero-order chi connectivity index (χ0) is 21.5. The van der Waals surface area contributed by atoms with Gasteiger partial charge in [-0.05, 0) is 60.6 Å². The Bertz CT molecular complexity index is 899. The summed E-state index contributed by atoms with van der Waals surface area (Å²) in [6.45, 7) is 7.86. The summed E-state index contributed by atoms with van der Waals surface area (Å²) < 4.78 is 8.88. The first-order valence-electron chi connectivity index (χ1n) is 8.27. The number of rotatable bonds is 5. The lowest BCUT2D eigenvalue weighted by Crippen LogP contribution is -2.30. The average molecular weight is 408 g/mol. The number of nitrogens with two attached hydrogens (primary N) is 1. The van der Waals surface area contributed by atoms with Crippen LogP contribution in [0, 0.1) is 13.8 Å². The van der Waals surface area contributed by atoms with Crippen molar-refractivity contribution in [2.75, 3.05) is 0 Å². The van der Waals surface area contributed by atoms with Crippen molar-refractivity contribution >= 4 is 13.7 Å². The van der Waals surface area contributed by atoms with Gasteiger partial charge in [0.1, 0.15) is 5.75 Å². The molecule has 1 amide bonds. The minimum absolute atomic E-state index is 0.0439. The molecule has 0 aliphatic heterocycles. The van der Waals surface area contributed by atoms with Gasteiger partial charge in [0, 0.05) is 0 Å². The molecule has 0 bridgehead atoms. The van der Waals surface area contributed by atoms with Crippen LogP contribution >= 0.6 is 7.82 Å². The summed E-state index contributed by atoms with van der Waals surface area (Å²) in [6.07, 6.45) is 2.86. The standard InChI is InChI=1S/C19H22N2O2.H3O4P/c1-4-6-16-10-14(11-17(18(16)22)19(23)21-20)9-15-8-5-7-12(2)13(15)3;1-5(2,3)4/h4-5,7-8,10-11,22H,1,6,9,20H2,2-3H3,(H,21,23);(H3,1,2,3,4). The molecule has 8 nitrogen and oxygen atoms in total. The first kappa shape index (κ1) is 23.6. The topological polar surface area (TPSA) is 153 Å². The smallest absolute Gasteiger partial charge is 0.466 e. The summed E-state index contributed by atoms with van der Waals surface area (Å²) in [5, 5.41) is 10.2. The van der Waals surface area contributed by atoms with Gasteiger partial charge >= 0.3 is 7.82 Å². The Morgan fingerprint density at radius 2 is 1.82 bits per heavy atom. The lowest BCUT2D eigenvalue weighted by molar-refractivity contribution is 0.0950. The Morgan fingerprint density at radius 1 is 1.21 bits per heavy atom. The molecule has 0 aliphatic rings. The van der Waals surface area contributed by atoms with E-state index in [-0.39, 0.29) is 11.3 Å². The van der Waals surface area contributed by atoms with Gasteiger partial charge in [0.2, 0.25) is 0 Å². The summed E-state index contributed by atoms with van der Waals surface area (Å²) in [6, 6.07) is 9.77. The fraction of sp³-hybridized carbons (Fsp3) is 0.211. The van der Waals surface area contributed by atoms with Crippen molar-refractivity contribution in [2.45, 2.75) is 26.7 Å². The number of nitrogens with one attached hydrogen (secondary N) is 1. The van der Waals surface area contributed by atoms with E-state index in [4.69, 9.17) is 25.1 Å². The van der Waals surface area contributed by atoms with Crippen LogP contribution in [0.15, 0.2) is 43.0 Å². The molecule has 152 valence electrons. The van der Waals surface area contributed by atoms with Gasteiger partial charge in [-0.25, -0.2) is 10.4 Å². The summed E-state index contributed by atoms with van der Waals surface area (Å²) in [7, 11) is -4.64. The van der Waals surface area contributed by atoms with E-state index >= 15 is 0 Å². The number of aromatic hydroxyl groups is 1. The zero-order valence-corrected chi connectivity index (χ0v) is 16.6. The van der Waals surface area contributed by atoms with Crippen molar-refractivity contribution in [2.24, 2.45) is 5.84 Å². The molecule has 7 N–H and O–H groups in total. The van der Waals surface area contributed by atoms with Crippen molar-refractivity contribution < 1.29 is 29.1 Å². The van der Waals surface area contributed by atoms with E-state index < -0.39 is 13.7 Å². The summed E-state index contributed by atoms with van der Waals surface area (Å²) in [4.78, 5) is 33.5. The highest BCUT2D eigenvalue weighted by Crippen LogP contribution is 2.28. The highest BCUT2D eigenvalue weighted by atomic mass is 31.2. The largest absolute Gasteiger partial charge is 0.507 e. The molecule has 0 saturated heterocycles. The van der Waals surface area contributed by atoms with Gasteiger partial charge < -0.3 is 19.8 Å². The maximum Gasteiger partial charge on any atom is 0.466 e. The van der Waals surface area contributed by atoms with E-state index in [1.54, 1.807) is 12.1 Å².